The van der Waals surface area contributed by atoms with Gasteiger partial charge in [-0.2, -0.15) is 0 Å². The summed E-state index contributed by atoms with van der Waals surface area (Å²) in [6.07, 6.45) is 1.43. The SMILES string of the molecule is COc1c(C(=O)Nc2ccnc(Cl)c2)cccc1[N+](=O)[O-]. The minimum absolute atomic E-state index is 0.0552. The van der Waals surface area contributed by atoms with Gasteiger partial charge in [-0.05, 0) is 18.2 Å². The number of para-hydroxylation sites is 1. The molecule has 0 saturated carbocycles. The molecule has 108 valence electrons. The number of benzene rings is 1. The van der Waals surface area contributed by atoms with Crippen molar-refractivity contribution in [3.63, 3.8) is 0 Å². The van der Waals surface area contributed by atoms with Crippen LogP contribution in [0.4, 0.5) is 11.4 Å². The zero-order valence-electron chi connectivity index (χ0n) is 10.9. The van der Waals surface area contributed by atoms with Crippen molar-refractivity contribution in [3.05, 3.63) is 57.4 Å². The van der Waals surface area contributed by atoms with Gasteiger partial charge >= 0.3 is 5.69 Å². The van der Waals surface area contributed by atoms with E-state index in [1.807, 2.05) is 0 Å². The lowest BCUT2D eigenvalue weighted by molar-refractivity contribution is -0.385. The Morgan fingerprint density at radius 3 is 2.81 bits per heavy atom. The Labute approximate surface area is 124 Å². The number of aromatic nitrogens is 1. The molecule has 8 heteroatoms. The number of halogens is 1. The first-order valence-corrected chi connectivity index (χ1v) is 6.15. The first kappa shape index (κ1) is 14.7. The van der Waals surface area contributed by atoms with Gasteiger partial charge in [0.2, 0.25) is 5.75 Å². The molecule has 1 heterocycles. The van der Waals surface area contributed by atoms with Crippen molar-refractivity contribution >= 4 is 28.9 Å². The zero-order valence-corrected chi connectivity index (χ0v) is 11.6. The number of anilines is 1. The van der Waals surface area contributed by atoms with Crippen molar-refractivity contribution in [1.29, 1.82) is 0 Å². The predicted molar refractivity (Wildman–Crippen MR) is 76.8 cm³/mol. The molecule has 0 aliphatic rings. The minimum atomic E-state index is -0.612. The van der Waals surface area contributed by atoms with Gasteiger partial charge in [0.1, 0.15) is 5.15 Å². The van der Waals surface area contributed by atoms with Crippen molar-refractivity contribution in [2.24, 2.45) is 0 Å². The van der Waals surface area contributed by atoms with Crippen LogP contribution in [0.1, 0.15) is 10.4 Å². The fraction of sp³-hybridized carbons (Fsp3) is 0.0769. The summed E-state index contributed by atoms with van der Waals surface area (Å²) in [4.78, 5) is 26.3. The van der Waals surface area contributed by atoms with Gasteiger partial charge in [0.25, 0.3) is 5.91 Å². The summed E-state index contributed by atoms with van der Waals surface area (Å²) in [6, 6.07) is 7.12. The average molecular weight is 308 g/mol. The Hall–Kier alpha value is -2.67. The molecule has 0 bridgehead atoms. The predicted octanol–water partition coefficient (Wildman–Crippen LogP) is 2.90. The first-order valence-electron chi connectivity index (χ1n) is 5.77. The van der Waals surface area contributed by atoms with Crippen LogP contribution in [0, 0.1) is 10.1 Å². The van der Waals surface area contributed by atoms with E-state index in [9.17, 15) is 14.9 Å². The summed E-state index contributed by atoms with van der Waals surface area (Å²) >= 11 is 5.72. The summed E-state index contributed by atoms with van der Waals surface area (Å²) in [5.74, 6) is -0.641. The van der Waals surface area contributed by atoms with Gasteiger partial charge in [-0.25, -0.2) is 4.98 Å². The maximum Gasteiger partial charge on any atom is 0.311 e. The van der Waals surface area contributed by atoms with Gasteiger partial charge in [-0.15, -0.1) is 0 Å². The highest BCUT2D eigenvalue weighted by molar-refractivity contribution is 6.29. The first-order chi connectivity index (χ1) is 10.0. The third-order valence-corrected chi connectivity index (χ3v) is 2.83. The molecule has 1 amide bonds. The second kappa shape index (κ2) is 6.19. The summed E-state index contributed by atoms with van der Waals surface area (Å²) in [5.41, 5.74) is 0.200. The number of pyridine rings is 1. The van der Waals surface area contributed by atoms with Crippen LogP contribution in [0.15, 0.2) is 36.5 Å². The number of methoxy groups -OCH3 is 1. The number of rotatable bonds is 4. The van der Waals surface area contributed by atoms with Crippen LogP contribution >= 0.6 is 11.6 Å². The van der Waals surface area contributed by atoms with Crippen molar-refractivity contribution in [2.45, 2.75) is 0 Å². The second-order valence-electron chi connectivity index (χ2n) is 3.94. The summed E-state index contributed by atoms with van der Waals surface area (Å²) < 4.78 is 4.98. The zero-order chi connectivity index (χ0) is 15.4. The maximum atomic E-state index is 12.2. The lowest BCUT2D eigenvalue weighted by Crippen LogP contribution is -2.14. The van der Waals surface area contributed by atoms with E-state index < -0.39 is 10.8 Å². The molecule has 1 N–H and O–H groups in total. The molecule has 2 rings (SSSR count). The smallest absolute Gasteiger partial charge is 0.311 e. The molecule has 21 heavy (non-hydrogen) atoms. The normalized spacial score (nSPS) is 10.0. The quantitative estimate of drug-likeness (QED) is 0.532. The van der Waals surface area contributed by atoms with Crippen molar-refractivity contribution in [2.75, 3.05) is 12.4 Å². The van der Waals surface area contributed by atoms with Crippen molar-refractivity contribution < 1.29 is 14.5 Å². The van der Waals surface area contributed by atoms with Crippen LogP contribution < -0.4 is 10.1 Å². The number of carbonyl (C=O) groups is 1. The van der Waals surface area contributed by atoms with E-state index in [2.05, 4.69) is 10.3 Å². The molecular weight excluding hydrogens is 298 g/mol. The molecule has 0 radical (unpaired) electrons. The number of nitrogens with zero attached hydrogens (tertiary/aromatic N) is 2. The van der Waals surface area contributed by atoms with E-state index in [4.69, 9.17) is 16.3 Å². The molecule has 0 spiro atoms. The molecule has 2 aromatic rings. The Morgan fingerprint density at radius 1 is 1.43 bits per heavy atom. The molecule has 0 aliphatic carbocycles. The van der Waals surface area contributed by atoms with Gasteiger partial charge in [0, 0.05) is 18.0 Å². The number of carbonyl (C=O) groups excluding carboxylic acids is 1. The standard InChI is InChI=1S/C13H10ClN3O4/c1-21-12-9(3-2-4-10(12)17(19)20)13(18)16-8-5-6-15-11(14)7-8/h2-7H,1H3,(H,15,16,18). The van der Waals surface area contributed by atoms with Gasteiger partial charge in [-0.1, -0.05) is 17.7 Å². The van der Waals surface area contributed by atoms with E-state index >= 15 is 0 Å². The fourth-order valence-electron chi connectivity index (χ4n) is 1.74. The second-order valence-corrected chi connectivity index (χ2v) is 4.32. The highest BCUT2D eigenvalue weighted by Crippen LogP contribution is 2.31. The summed E-state index contributed by atoms with van der Waals surface area (Å²) in [7, 11) is 1.27. The fourth-order valence-corrected chi connectivity index (χ4v) is 1.91. The molecule has 0 atom stereocenters. The molecule has 1 aromatic carbocycles. The highest BCUT2D eigenvalue weighted by atomic mass is 35.5. The van der Waals surface area contributed by atoms with Crippen LogP contribution in [-0.2, 0) is 0 Å². The number of hydrogen-bond acceptors (Lipinski definition) is 5. The van der Waals surface area contributed by atoms with E-state index in [-0.39, 0.29) is 22.2 Å². The van der Waals surface area contributed by atoms with Crippen LogP contribution in [0.2, 0.25) is 5.15 Å². The van der Waals surface area contributed by atoms with E-state index in [0.29, 0.717) is 5.69 Å². The molecule has 0 saturated heterocycles. The Morgan fingerprint density at radius 2 is 2.19 bits per heavy atom. The maximum absolute atomic E-state index is 12.2. The molecule has 0 aliphatic heterocycles. The van der Waals surface area contributed by atoms with Crippen molar-refractivity contribution in [1.82, 2.24) is 4.98 Å². The van der Waals surface area contributed by atoms with Crippen molar-refractivity contribution in [3.8, 4) is 5.75 Å². The topological polar surface area (TPSA) is 94.4 Å². The van der Waals surface area contributed by atoms with Crippen LogP contribution in [0.5, 0.6) is 5.75 Å². The van der Waals surface area contributed by atoms with Gasteiger partial charge < -0.3 is 10.1 Å². The largest absolute Gasteiger partial charge is 0.490 e. The molecule has 0 unspecified atom stereocenters. The van der Waals surface area contributed by atoms with E-state index in [0.717, 1.165) is 0 Å². The Balaban J connectivity index is 2.35. The van der Waals surface area contributed by atoms with Gasteiger partial charge in [-0.3, -0.25) is 14.9 Å². The van der Waals surface area contributed by atoms with Crippen LogP contribution in [0.3, 0.4) is 0 Å². The average Bonchev–Trinajstić information content (AvgIpc) is 2.46. The number of nitrogens with one attached hydrogen (secondary N) is 1. The number of hydrogen-bond donors (Lipinski definition) is 1. The Kier molecular flexibility index (Phi) is 4.34. The number of nitro groups is 1. The van der Waals surface area contributed by atoms with E-state index in [1.54, 1.807) is 6.07 Å². The molecule has 1 aromatic heterocycles. The lowest BCUT2D eigenvalue weighted by Gasteiger charge is -2.09. The molecular formula is C13H10ClN3O4. The number of nitro benzene ring substituents is 1. The summed E-state index contributed by atoms with van der Waals surface area (Å²) in [6.45, 7) is 0. The monoisotopic (exact) mass is 307 g/mol. The number of ether oxygens (including phenoxy) is 1. The van der Waals surface area contributed by atoms with Crippen LogP contribution in [-0.4, -0.2) is 22.9 Å². The highest BCUT2D eigenvalue weighted by Gasteiger charge is 2.22. The molecule has 7 nitrogen and oxygen atoms in total. The number of amides is 1. The van der Waals surface area contributed by atoms with Crippen LogP contribution in [0.25, 0.3) is 0 Å². The minimum Gasteiger partial charge on any atom is -0.490 e. The lowest BCUT2D eigenvalue weighted by atomic mass is 10.1. The third kappa shape index (κ3) is 3.26. The molecule has 0 fully saturated rings. The Bertz CT molecular complexity index is 706. The van der Waals surface area contributed by atoms with Gasteiger partial charge in [0.15, 0.2) is 0 Å². The summed E-state index contributed by atoms with van der Waals surface area (Å²) in [5, 5.41) is 13.7. The third-order valence-electron chi connectivity index (χ3n) is 2.62. The van der Waals surface area contributed by atoms with E-state index in [1.165, 1.54) is 37.6 Å². The van der Waals surface area contributed by atoms with Gasteiger partial charge in [0.05, 0.1) is 17.6 Å².